The highest BCUT2D eigenvalue weighted by Crippen LogP contribution is 2.39. The average Bonchev–Trinajstić information content (AvgIpc) is 3.03. The monoisotopic (exact) mass is 311 g/mol. The quantitative estimate of drug-likeness (QED) is 0.389. The van der Waals surface area contributed by atoms with Crippen LogP contribution in [0.1, 0.15) is 18.9 Å². The Labute approximate surface area is 116 Å². The SMILES string of the molecule is CC1CC1CN(C)c1ccc(Br)cc1/C(N)=N/O. The maximum absolute atomic E-state index is 8.85. The van der Waals surface area contributed by atoms with Crippen LogP contribution in [0, 0.1) is 11.8 Å². The zero-order chi connectivity index (χ0) is 13.3. The summed E-state index contributed by atoms with van der Waals surface area (Å²) >= 11 is 3.40. The first-order valence-electron chi connectivity index (χ1n) is 6.01. The van der Waals surface area contributed by atoms with Crippen molar-refractivity contribution in [1.29, 1.82) is 0 Å². The van der Waals surface area contributed by atoms with Gasteiger partial charge >= 0.3 is 0 Å². The lowest BCUT2D eigenvalue weighted by Gasteiger charge is -2.22. The van der Waals surface area contributed by atoms with Crippen molar-refractivity contribution in [2.24, 2.45) is 22.7 Å². The van der Waals surface area contributed by atoms with E-state index in [0.717, 1.165) is 34.1 Å². The van der Waals surface area contributed by atoms with Gasteiger partial charge in [0, 0.05) is 29.3 Å². The van der Waals surface area contributed by atoms with Crippen molar-refractivity contribution in [2.75, 3.05) is 18.5 Å². The molecule has 1 fully saturated rings. The van der Waals surface area contributed by atoms with Crippen molar-refractivity contribution >= 4 is 27.5 Å². The molecule has 1 aromatic carbocycles. The summed E-state index contributed by atoms with van der Waals surface area (Å²) in [5.74, 6) is 1.72. The fourth-order valence-electron chi connectivity index (χ4n) is 2.20. The number of nitrogens with zero attached hydrogens (tertiary/aromatic N) is 2. The summed E-state index contributed by atoms with van der Waals surface area (Å²) in [5.41, 5.74) is 7.47. The summed E-state index contributed by atoms with van der Waals surface area (Å²) in [5, 5.41) is 12.0. The van der Waals surface area contributed by atoms with Gasteiger partial charge in [-0.2, -0.15) is 0 Å². The number of oxime groups is 1. The number of anilines is 1. The van der Waals surface area contributed by atoms with E-state index in [9.17, 15) is 0 Å². The van der Waals surface area contributed by atoms with E-state index < -0.39 is 0 Å². The van der Waals surface area contributed by atoms with Gasteiger partial charge in [0.2, 0.25) is 0 Å². The Bertz CT molecular complexity index is 475. The van der Waals surface area contributed by atoms with Crippen LogP contribution < -0.4 is 10.6 Å². The molecule has 0 amide bonds. The highest BCUT2D eigenvalue weighted by Gasteiger charge is 2.33. The third-order valence-corrected chi connectivity index (χ3v) is 4.03. The molecule has 2 rings (SSSR count). The molecule has 4 nitrogen and oxygen atoms in total. The van der Waals surface area contributed by atoms with E-state index in [1.165, 1.54) is 6.42 Å². The van der Waals surface area contributed by atoms with Gasteiger partial charge in [0.25, 0.3) is 0 Å². The van der Waals surface area contributed by atoms with E-state index in [-0.39, 0.29) is 5.84 Å². The first kappa shape index (κ1) is 13.2. The molecule has 0 saturated heterocycles. The summed E-state index contributed by atoms with van der Waals surface area (Å²) in [6, 6.07) is 5.83. The molecule has 3 N–H and O–H groups in total. The second-order valence-corrected chi connectivity index (χ2v) is 5.92. The third-order valence-electron chi connectivity index (χ3n) is 3.54. The van der Waals surface area contributed by atoms with Gasteiger partial charge in [-0.25, -0.2) is 0 Å². The number of benzene rings is 1. The Hall–Kier alpha value is -1.23. The molecule has 5 heteroatoms. The van der Waals surface area contributed by atoms with Crippen molar-refractivity contribution < 1.29 is 5.21 Å². The molecule has 1 aromatic rings. The van der Waals surface area contributed by atoms with Gasteiger partial charge in [-0.3, -0.25) is 0 Å². The van der Waals surface area contributed by atoms with E-state index >= 15 is 0 Å². The molecule has 2 unspecified atom stereocenters. The van der Waals surface area contributed by atoms with E-state index in [1.807, 2.05) is 25.2 Å². The summed E-state index contributed by atoms with van der Waals surface area (Å²) < 4.78 is 0.918. The molecular formula is C13H18BrN3O. The van der Waals surface area contributed by atoms with Crippen LogP contribution in [-0.2, 0) is 0 Å². The van der Waals surface area contributed by atoms with Crippen molar-refractivity contribution in [2.45, 2.75) is 13.3 Å². The van der Waals surface area contributed by atoms with E-state index in [4.69, 9.17) is 10.9 Å². The van der Waals surface area contributed by atoms with Crippen molar-refractivity contribution in [1.82, 2.24) is 0 Å². The van der Waals surface area contributed by atoms with Crippen LogP contribution in [-0.4, -0.2) is 24.6 Å². The van der Waals surface area contributed by atoms with Crippen molar-refractivity contribution in [3.05, 3.63) is 28.2 Å². The van der Waals surface area contributed by atoms with Crippen molar-refractivity contribution in [3.8, 4) is 0 Å². The maximum atomic E-state index is 8.85. The zero-order valence-corrected chi connectivity index (χ0v) is 12.2. The summed E-state index contributed by atoms with van der Waals surface area (Å²) in [4.78, 5) is 2.17. The molecule has 0 radical (unpaired) electrons. The lowest BCUT2D eigenvalue weighted by molar-refractivity contribution is 0.318. The van der Waals surface area contributed by atoms with Gasteiger partial charge < -0.3 is 15.8 Å². The molecular weight excluding hydrogens is 294 g/mol. The fourth-order valence-corrected chi connectivity index (χ4v) is 2.56. The Morgan fingerprint density at radius 1 is 1.61 bits per heavy atom. The van der Waals surface area contributed by atoms with Crippen LogP contribution in [0.3, 0.4) is 0 Å². The summed E-state index contributed by atoms with van der Waals surface area (Å²) in [6.45, 7) is 3.28. The minimum atomic E-state index is 0.141. The van der Waals surface area contributed by atoms with Crippen LogP contribution in [0.15, 0.2) is 27.8 Å². The van der Waals surface area contributed by atoms with Crippen molar-refractivity contribution in [3.63, 3.8) is 0 Å². The van der Waals surface area contributed by atoms with Gasteiger partial charge in [-0.1, -0.05) is 28.0 Å². The lowest BCUT2D eigenvalue weighted by Crippen LogP contribution is -2.25. The normalized spacial score (nSPS) is 22.9. The fraction of sp³-hybridized carbons (Fsp3) is 0.462. The maximum Gasteiger partial charge on any atom is 0.172 e. The third kappa shape index (κ3) is 2.77. The van der Waals surface area contributed by atoms with Crippen LogP contribution in [0.2, 0.25) is 0 Å². The topological polar surface area (TPSA) is 61.8 Å². The Balaban J connectivity index is 2.25. The first-order valence-corrected chi connectivity index (χ1v) is 6.80. The molecule has 1 aliphatic carbocycles. The second kappa shape index (κ2) is 5.18. The smallest absolute Gasteiger partial charge is 0.172 e. The van der Waals surface area contributed by atoms with Crippen LogP contribution in [0.25, 0.3) is 0 Å². The van der Waals surface area contributed by atoms with Gasteiger partial charge in [0.15, 0.2) is 5.84 Å². The minimum Gasteiger partial charge on any atom is -0.409 e. The molecule has 0 aromatic heterocycles. The number of rotatable bonds is 4. The molecule has 0 spiro atoms. The van der Waals surface area contributed by atoms with Crippen LogP contribution >= 0.6 is 15.9 Å². The minimum absolute atomic E-state index is 0.141. The van der Waals surface area contributed by atoms with Crippen LogP contribution in [0.4, 0.5) is 5.69 Å². The molecule has 18 heavy (non-hydrogen) atoms. The van der Waals surface area contributed by atoms with Crippen LogP contribution in [0.5, 0.6) is 0 Å². The van der Waals surface area contributed by atoms with Gasteiger partial charge in [0.1, 0.15) is 0 Å². The number of halogens is 1. The molecule has 1 saturated carbocycles. The largest absolute Gasteiger partial charge is 0.409 e. The van der Waals surface area contributed by atoms with E-state index in [1.54, 1.807) is 0 Å². The highest BCUT2D eigenvalue weighted by molar-refractivity contribution is 9.10. The summed E-state index contributed by atoms with van der Waals surface area (Å²) in [7, 11) is 2.04. The van der Waals surface area contributed by atoms with Gasteiger partial charge in [-0.05, 0) is 36.5 Å². The number of amidine groups is 1. The molecule has 1 aliphatic rings. The number of hydrogen-bond acceptors (Lipinski definition) is 3. The zero-order valence-electron chi connectivity index (χ0n) is 10.6. The molecule has 2 atom stereocenters. The molecule has 0 bridgehead atoms. The van der Waals surface area contributed by atoms with Gasteiger partial charge in [-0.15, -0.1) is 0 Å². The number of nitrogens with two attached hydrogens (primary N) is 1. The van der Waals surface area contributed by atoms with Gasteiger partial charge in [0.05, 0.1) is 0 Å². The van der Waals surface area contributed by atoms with E-state index in [0.29, 0.717) is 0 Å². The molecule has 0 aliphatic heterocycles. The Morgan fingerprint density at radius 3 is 2.83 bits per heavy atom. The Kier molecular flexibility index (Phi) is 3.80. The molecule has 98 valence electrons. The first-order chi connectivity index (χ1) is 8.52. The lowest BCUT2D eigenvalue weighted by atomic mass is 10.1. The highest BCUT2D eigenvalue weighted by atomic mass is 79.9. The van der Waals surface area contributed by atoms with E-state index in [2.05, 4.69) is 32.9 Å². The number of hydrogen-bond donors (Lipinski definition) is 2. The summed E-state index contributed by atoms with van der Waals surface area (Å²) in [6.07, 6.45) is 1.29. The second-order valence-electron chi connectivity index (χ2n) is 5.00. The standard InChI is InChI=1S/C13H18BrN3O/c1-8-5-9(8)7-17(2)12-4-3-10(14)6-11(12)13(15)16-18/h3-4,6,8-9,18H,5,7H2,1-2H3,(H2,15,16). The molecule has 0 heterocycles. The Morgan fingerprint density at radius 2 is 2.28 bits per heavy atom. The predicted octanol–water partition coefficient (Wildman–Crippen LogP) is 2.64. The predicted molar refractivity (Wildman–Crippen MR) is 77.2 cm³/mol. The average molecular weight is 312 g/mol.